The number of likely N-dealkylation sites (tertiary alicyclic amines) is 1. The van der Waals surface area contributed by atoms with Gasteiger partial charge in [0.25, 0.3) is 0 Å². The molecule has 0 atom stereocenters. The van der Waals surface area contributed by atoms with Crippen LogP contribution in [0.3, 0.4) is 0 Å². The number of hydrogen-bond acceptors (Lipinski definition) is 10. The summed E-state index contributed by atoms with van der Waals surface area (Å²) in [7, 11) is -1.00. The Balaban J connectivity index is 0.000000156. The Morgan fingerprint density at radius 3 is 1.27 bits per heavy atom. The van der Waals surface area contributed by atoms with E-state index in [1.807, 2.05) is 72.8 Å². The molecule has 0 unspecified atom stereocenters. The molecule has 1 N–H and O–H groups in total. The topological polar surface area (TPSA) is 99.8 Å². The van der Waals surface area contributed by atoms with Gasteiger partial charge < -0.3 is 33.6 Å². The molecule has 0 saturated carbocycles. The van der Waals surface area contributed by atoms with Gasteiger partial charge in [0.05, 0.1) is 8.52 Å². The molecule has 4 heterocycles. The third-order valence-corrected chi connectivity index (χ3v) is 17.5. The van der Waals surface area contributed by atoms with Crippen molar-refractivity contribution >= 4 is 97.8 Å². The third-order valence-electron chi connectivity index (χ3n) is 15.8. The van der Waals surface area contributed by atoms with Gasteiger partial charge in [-0.2, -0.15) is 0 Å². The Morgan fingerprint density at radius 1 is 0.440 bits per heavy atom. The summed E-state index contributed by atoms with van der Waals surface area (Å²) >= 11 is 10.1. The summed E-state index contributed by atoms with van der Waals surface area (Å²) in [6.45, 7) is 7.93. The number of anilines is 3. The minimum Gasteiger partial charge on any atom is -0.350 e. The Labute approximate surface area is 562 Å². The monoisotopic (exact) mass is 1410 g/mol. The van der Waals surface area contributed by atoms with E-state index in [1.54, 1.807) is 0 Å². The van der Waals surface area contributed by atoms with Gasteiger partial charge in [-0.3, -0.25) is 4.39 Å². The van der Waals surface area contributed by atoms with Crippen LogP contribution in [0.15, 0.2) is 250 Å². The summed E-state index contributed by atoms with van der Waals surface area (Å²) in [4.78, 5) is 7.28. The van der Waals surface area contributed by atoms with Crippen LogP contribution in [-0.4, -0.2) is 76.2 Å². The molecule has 470 valence electrons. The number of piperidine rings is 1. The number of fused-ring (bicyclic) bond motifs is 3. The quantitative estimate of drug-likeness (QED) is 0.0492. The zero-order valence-electron chi connectivity index (χ0n) is 52.6. The fraction of sp³-hybridized carbons (Fsp3) is 0.260. The van der Waals surface area contributed by atoms with Crippen LogP contribution >= 0.6 is 47.8 Å². The number of benzene rings is 9. The highest BCUT2D eigenvalue weighted by molar-refractivity contribution is 9.09. The molecule has 1 fully saturated rings. The highest BCUT2D eigenvalue weighted by Gasteiger charge is 2.19. The van der Waals surface area contributed by atoms with Gasteiger partial charge in [0, 0.05) is 83.6 Å². The number of rotatable bonds is 23. The van der Waals surface area contributed by atoms with Crippen molar-refractivity contribution in [2.45, 2.75) is 71.0 Å². The van der Waals surface area contributed by atoms with Crippen molar-refractivity contribution in [2.75, 3.05) is 71.0 Å². The second kappa shape index (κ2) is 37.5. The molecule has 1 saturated heterocycles. The van der Waals surface area contributed by atoms with Crippen LogP contribution in [0.2, 0.25) is 0 Å². The summed E-state index contributed by atoms with van der Waals surface area (Å²) in [5.41, 5.74) is 9.67. The van der Waals surface area contributed by atoms with Crippen molar-refractivity contribution in [3.63, 3.8) is 0 Å². The van der Waals surface area contributed by atoms with Crippen molar-refractivity contribution in [3.05, 3.63) is 253 Å². The highest BCUT2D eigenvalue weighted by Crippen LogP contribution is 2.31. The number of hydrogen-bond donors (Lipinski definition) is 1. The summed E-state index contributed by atoms with van der Waals surface area (Å²) in [5.74, 6) is 2.35. The minimum absolute atomic E-state index is 0.678. The Morgan fingerprint density at radius 2 is 0.824 bits per heavy atom. The molecule has 12 aromatic rings. The van der Waals surface area contributed by atoms with Crippen LogP contribution in [0, 0.1) is 0 Å². The number of aromatic nitrogens is 3. The summed E-state index contributed by atoms with van der Waals surface area (Å²) in [6, 6.07) is 81.5. The molecule has 9 aromatic carbocycles. The Kier molecular flexibility index (Phi) is 27.2. The SMILES string of the molecule is BrCCCBr.BrCCCCN(Cc1cccc2ccccc12)c1cc(-c2ccccc2)no1.[2H]CF.c1ccc(-c2cc(N(CCCCN3CCCCC3)Cc3cccc4ccccc34)on2)cc1.c1ccc(-c2cc(NCc3cccc4ccccc34)on2)cc1. The maximum Gasteiger partial charge on any atom is 0.228 e. The normalized spacial score (nSPS) is 12.1. The molecule has 91 heavy (non-hydrogen) atoms. The molecule has 0 aliphatic carbocycles. The second-order valence-electron chi connectivity index (χ2n) is 22.1. The van der Waals surface area contributed by atoms with Gasteiger partial charge in [0.2, 0.25) is 17.7 Å². The molecule has 0 radical (unpaired) electrons. The van der Waals surface area contributed by atoms with Crippen LogP contribution in [0.4, 0.5) is 22.0 Å². The summed E-state index contributed by atoms with van der Waals surface area (Å²) in [6.07, 6.45) is 9.91. The smallest absolute Gasteiger partial charge is 0.228 e. The molecule has 3 aromatic heterocycles. The van der Waals surface area contributed by atoms with Gasteiger partial charge in [-0.15, -0.1) is 0 Å². The maximum atomic E-state index is 9.96. The number of nitrogens with one attached hydrogen (secondary N) is 1. The lowest BCUT2D eigenvalue weighted by Gasteiger charge is -2.27. The van der Waals surface area contributed by atoms with E-state index < -0.39 is 7.15 Å². The van der Waals surface area contributed by atoms with Crippen molar-refractivity contribution in [1.82, 2.24) is 20.4 Å². The first-order valence-electron chi connectivity index (χ1n) is 32.1. The number of nitrogens with zero attached hydrogens (tertiary/aromatic N) is 6. The van der Waals surface area contributed by atoms with Crippen molar-refractivity contribution in [2.24, 2.45) is 0 Å². The van der Waals surface area contributed by atoms with Crippen molar-refractivity contribution in [1.29, 1.82) is 0 Å². The van der Waals surface area contributed by atoms with E-state index in [1.165, 1.54) is 101 Å². The van der Waals surface area contributed by atoms with Gasteiger partial charge in [-0.05, 0) is 114 Å². The van der Waals surface area contributed by atoms with Gasteiger partial charge in [0.1, 0.15) is 17.1 Å². The van der Waals surface area contributed by atoms with Crippen LogP contribution in [0.5, 0.6) is 0 Å². The Bertz CT molecular complexity index is 4000. The first kappa shape index (κ1) is 66.1. The first-order valence-corrected chi connectivity index (χ1v) is 34.8. The lowest BCUT2D eigenvalue weighted by atomic mass is 10.0. The number of unbranched alkanes of at least 4 members (excludes halogenated alkanes) is 2. The van der Waals surface area contributed by atoms with E-state index in [0.29, 0.717) is 12.4 Å². The summed E-state index contributed by atoms with van der Waals surface area (Å²) < 4.78 is 32.5. The third kappa shape index (κ3) is 20.3. The van der Waals surface area contributed by atoms with Crippen molar-refractivity contribution < 1.29 is 19.3 Å². The maximum absolute atomic E-state index is 9.96. The zero-order valence-corrected chi connectivity index (χ0v) is 56.3. The molecule has 14 heteroatoms. The highest BCUT2D eigenvalue weighted by atomic mass is 79.9. The average Bonchev–Trinajstić information content (AvgIpc) is 2.45. The molecule has 10 nitrogen and oxygen atoms in total. The molecule has 13 rings (SSSR count). The lowest BCUT2D eigenvalue weighted by molar-refractivity contribution is 0.225. The Hall–Kier alpha value is -7.88. The molecule has 0 spiro atoms. The molecular weight excluding hydrogens is 1330 g/mol. The van der Waals surface area contributed by atoms with E-state index in [4.69, 9.17) is 14.9 Å². The van der Waals surface area contributed by atoms with Crippen LogP contribution in [0.25, 0.3) is 66.1 Å². The van der Waals surface area contributed by atoms with E-state index in [9.17, 15) is 4.39 Å². The molecular formula is C77H81Br3FN7O3. The molecule has 0 bridgehead atoms. The molecule has 0 amide bonds. The van der Waals surface area contributed by atoms with Crippen LogP contribution < -0.4 is 15.1 Å². The standard InChI is InChI=1S/C29H33N3O.C24H23BrN2O.C20H16N2O.C3H6Br2.CH3F/c1-3-13-25(14-4-1)28-22-29(33-30-28)32(21-10-9-20-31-18-7-2-8-19-31)23-26-16-11-15-24-12-5-6-17-27(24)26;25-15-6-7-16-27(18-21-13-8-12-19-9-4-5-14-22(19)21)24-17-23(26-28-24)20-10-2-1-3-11-20;1-2-8-16(9-3-1)19-13-20(23-22-19)21-14-17-11-6-10-15-7-4-5-12-18(15)17;4-2-1-3-5;1-2/h1,3-6,11-17,22H,2,7-10,18-21,23H2;1-5,8-14,17H,6-7,15-16,18H2;1-13,21H,14H2;1-3H2;1H3/i;;;;1D. The fourth-order valence-corrected chi connectivity index (χ4v) is 12.8. The number of halogens is 4. The van der Waals surface area contributed by atoms with Gasteiger partial charge in [-0.25, -0.2) is 0 Å². The predicted octanol–water partition coefficient (Wildman–Crippen LogP) is 21.3. The van der Waals surface area contributed by atoms with Gasteiger partial charge >= 0.3 is 0 Å². The van der Waals surface area contributed by atoms with E-state index >= 15 is 0 Å². The number of alkyl halides is 4. The van der Waals surface area contributed by atoms with E-state index in [2.05, 4.69) is 247 Å². The molecule has 1 aliphatic heterocycles. The largest absolute Gasteiger partial charge is 0.350 e. The van der Waals surface area contributed by atoms with Crippen LogP contribution in [-0.2, 0) is 19.6 Å². The fourth-order valence-electron chi connectivity index (χ4n) is 11.1. The lowest BCUT2D eigenvalue weighted by Crippen LogP contribution is -2.31. The van der Waals surface area contributed by atoms with Gasteiger partial charge in [0.15, 0.2) is 0 Å². The average molecular weight is 1410 g/mol. The van der Waals surface area contributed by atoms with Crippen LogP contribution in [0.1, 0.15) is 69.4 Å². The van der Waals surface area contributed by atoms with Gasteiger partial charge in [-0.1, -0.05) is 288 Å². The van der Waals surface area contributed by atoms with E-state index in [-0.39, 0.29) is 0 Å². The van der Waals surface area contributed by atoms with E-state index in [0.717, 1.165) is 107 Å². The first-order chi connectivity index (χ1) is 45.4. The predicted molar refractivity (Wildman–Crippen MR) is 389 cm³/mol. The second-order valence-corrected chi connectivity index (χ2v) is 24.5. The minimum atomic E-state index is -1.00. The zero-order chi connectivity index (χ0) is 63.8. The summed E-state index contributed by atoms with van der Waals surface area (Å²) in [5, 5.41) is 27.0. The van der Waals surface area contributed by atoms with Crippen molar-refractivity contribution in [3.8, 4) is 33.8 Å². The molecule has 1 aliphatic rings.